The lowest BCUT2D eigenvalue weighted by molar-refractivity contribution is -0.154. The summed E-state index contributed by atoms with van der Waals surface area (Å²) in [5.74, 6) is -3.27. The van der Waals surface area contributed by atoms with Crippen LogP contribution >= 0.6 is 0 Å². The van der Waals surface area contributed by atoms with Gasteiger partial charge in [0.05, 0.1) is 11.8 Å². The molecule has 20 heavy (non-hydrogen) atoms. The second-order valence-electron chi connectivity index (χ2n) is 5.25. The van der Waals surface area contributed by atoms with Gasteiger partial charge in [-0.25, -0.2) is 0 Å². The summed E-state index contributed by atoms with van der Waals surface area (Å²) in [5.41, 5.74) is 0.951. The average Bonchev–Trinajstić information content (AvgIpc) is 2.75. The van der Waals surface area contributed by atoms with E-state index in [0.717, 1.165) is 5.56 Å². The van der Waals surface area contributed by atoms with E-state index in [0.29, 0.717) is 0 Å². The number of fused-ring (bicyclic) bond motifs is 1. The lowest BCUT2D eigenvalue weighted by Crippen LogP contribution is -2.35. The standard InChI is InChI=1S/C16H14O4/c1-9(17)11-7-8-12(10-5-3-2-4-6-10)14-13(11)15(18)20-16(14)19/h2-8,11-14H,1H3. The second-order valence-corrected chi connectivity index (χ2v) is 5.25. The molecule has 1 aromatic rings. The van der Waals surface area contributed by atoms with Crippen molar-refractivity contribution in [3.63, 3.8) is 0 Å². The Balaban J connectivity index is 2.06. The maximum absolute atomic E-state index is 12.0. The van der Waals surface area contributed by atoms with Crippen molar-refractivity contribution in [2.24, 2.45) is 17.8 Å². The summed E-state index contributed by atoms with van der Waals surface area (Å²) >= 11 is 0. The van der Waals surface area contributed by atoms with Crippen LogP contribution in [0.15, 0.2) is 42.5 Å². The van der Waals surface area contributed by atoms with Gasteiger partial charge in [0.15, 0.2) is 0 Å². The smallest absolute Gasteiger partial charge is 0.318 e. The molecule has 0 aromatic heterocycles. The normalized spacial score (nSPS) is 31.9. The SMILES string of the molecule is CC(=O)C1C=CC(c2ccccc2)C2C(=O)OC(=O)C12. The number of esters is 2. The quantitative estimate of drug-likeness (QED) is 0.467. The highest BCUT2D eigenvalue weighted by molar-refractivity contribution is 6.01. The molecule has 4 atom stereocenters. The van der Waals surface area contributed by atoms with Crippen LogP contribution in [0.2, 0.25) is 0 Å². The summed E-state index contributed by atoms with van der Waals surface area (Å²) in [7, 11) is 0. The number of hydrogen-bond acceptors (Lipinski definition) is 4. The predicted molar refractivity (Wildman–Crippen MR) is 70.6 cm³/mol. The van der Waals surface area contributed by atoms with Gasteiger partial charge < -0.3 is 4.74 Å². The summed E-state index contributed by atoms with van der Waals surface area (Å²) in [6, 6.07) is 9.49. The zero-order valence-corrected chi connectivity index (χ0v) is 11.0. The molecule has 0 amide bonds. The summed E-state index contributed by atoms with van der Waals surface area (Å²) in [4.78, 5) is 35.5. The molecule has 4 nitrogen and oxygen atoms in total. The molecule has 1 aliphatic heterocycles. The molecule has 2 aliphatic rings. The Morgan fingerprint density at radius 3 is 2.30 bits per heavy atom. The molecule has 3 rings (SSSR count). The molecule has 1 aliphatic carbocycles. The van der Waals surface area contributed by atoms with E-state index >= 15 is 0 Å². The number of hydrogen-bond donors (Lipinski definition) is 0. The average molecular weight is 270 g/mol. The minimum atomic E-state index is -0.685. The minimum Gasteiger partial charge on any atom is -0.393 e. The Bertz CT molecular complexity index is 602. The number of ether oxygens (including phenoxy) is 1. The van der Waals surface area contributed by atoms with E-state index in [1.54, 1.807) is 6.08 Å². The van der Waals surface area contributed by atoms with Crippen molar-refractivity contribution in [3.8, 4) is 0 Å². The van der Waals surface area contributed by atoms with Crippen LogP contribution < -0.4 is 0 Å². The van der Waals surface area contributed by atoms with Crippen LogP contribution in [-0.4, -0.2) is 17.7 Å². The van der Waals surface area contributed by atoms with E-state index < -0.39 is 29.7 Å². The van der Waals surface area contributed by atoms with Crippen molar-refractivity contribution in [2.75, 3.05) is 0 Å². The summed E-state index contributed by atoms with van der Waals surface area (Å²) in [6.07, 6.45) is 3.59. The van der Waals surface area contributed by atoms with Crippen molar-refractivity contribution in [1.82, 2.24) is 0 Å². The molecule has 0 radical (unpaired) electrons. The first-order valence-electron chi connectivity index (χ1n) is 6.59. The van der Waals surface area contributed by atoms with Crippen molar-refractivity contribution in [1.29, 1.82) is 0 Å². The van der Waals surface area contributed by atoms with E-state index in [4.69, 9.17) is 4.74 Å². The van der Waals surface area contributed by atoms with Crippen LogP contribution in [0.4, 0.5) is 0 Å². The molecular weight excluding hydrogens is 256 g/mol. The first kappa shape index (κ1) is 12.8. The van der Waals surface area contributed by atoms with Crippen LogP contribution in [0, 0.1) is 17.8 Å². The molecule has 0 N–H and O–H groups in total. The molecule has 4 unspecified atom stereocenters. The molecule has 1 fully saturated rings. The van der Waals surface area contributed by atoms with Crippen LogP contribution in [0.25, 0.3) is 0 Å². The van der Waals surface area contributed by atoms with Gasteiger partial charge in [0.25, 0.3) is 0 Å². The zero-order valence-electron chi connectivity index (χ0n) is 11.0. The fourth-order valence-electron chi connectivity index (χ4n) is 3.13. The molecule has 0 bridgehead atoms. The van der Waals surface area contributed by atoms with Gasteiger partial charge in [0.2, 0.25) is 0 Å². The van der Waals surface area contributed by atoms with Gasteiger partial charge in [-0.2, -0.15) is 0 Å². The molecular formula is C16H14O4. The number of rotatable bonds is 2. The topological polar surface area (TPSA) is 60.4 Å². The third-order valence-corrected chi connectivity index (χ3v) is 4.09. The highest BCUT2D eigenvalue weighted by atomic mass is 16.6. The van der Waals surface area contributed by atoms with Crippen LogP contribution in [0.5, 0.6) is 0 Å². The van der Waals surface area contributed by atoms with Crippen LogP contribution in [0.1, 0.15) is 18.4 Å². The molecule has 0 saturated carbocycles. The van der Waals surface area contributed by atoms with Crippen LogP contribution in [0.3, 0.4) is 0 Å². The lowest BCUT2D eigenvalue weighted by Gasteiger charge is -2.29. The van der Waals surface area contributed by atoms with E-state index in [1.165, 1.54) is 6.92 Å². The van der Waals surface area contributed by atoms with Crippen molar-refractivity contribution >= 4 is 17.7 Å². The molecule has 1 heterocycles. The number of Topliss-reactive ketones (excluding diaryl/α,β-unsaturated/α-hetero) is 1. The van der Waals surface area contributed by atoms with Gasteiger partial charge in [0, 0.05) is 11.8 Å². The number of ketones is 1. The van der Waals surface area contributed by atoms with Gasteiger partial charge >= 0.3 is 11.9 Å². The Kier molecular flexibility index (Phi) is 3.01. The molecule has 4 heteroatoms. The van der Waals surface area contributed by atoms with Gasteiger partial charge in [-0.1, -0.05) is 42.5 Å². The van der Waals surface area contributed by atoms with E-state index in [-0.39, 0.29) is 11.7 Å². The number of cyclic esters (lactones) is 2. The number of carbonyl (C=O) groups is 3. The number of benzene rings is 1. The Morgan fingerprint density at radius 1 is 1.00 bits per heavy atom. The maximum Gasteiger partial charge on any atom is 0.318 e. The van der Waals surface area contributed by atoms with Gasteiger partial charge in [-0.05, 0) is 12.5 Å². The van der Waals surface area contributed by atoms with E-state index in [1.807, 2.05) is 36.4 Å². The highest BCUT2D eigenvalue weighted by Gasteiger charge is 2.53. The van der Waals surface area contributed by atoms with Crippen molar-refractivity contribution in [2.45, 2.75) is 12.8 Å². The fraction of sp³-hybridized carbons (Fsp3) is 0.312. The zero-order chi connectivity index (χ0) is 14.3. The first-order valence-corrected chi connectivity index (χ1v) is 6.59. The Morgan fingerprint density at radius 2 is 1.65 bits per heavy atom. The monoisotopic (exact) mass is 270 g/mol. The van der Waals surface area contributed by atoms with E-state index in [2.05, 4.69) is 0 Å². The minimum absolute atomic E-state index is 0.116. The molecule has 1 saturated heterocycles. The van der Waals surface area contributed by atoms with Gasteiger partial charge in [-0.3, -0.25) is 14.4 Å². The number of carbonyl (C=O) groups excluding carboxylic acids is 3. The first-order chi connectivity index (χ1) is 9.59. The third kappa shape index (κ3) is 1.88. The maximum atomic E-state index is 12.0. The molecule has 1 aromatic carbocycles. The Hall–Kier alpha value is -2.23. The largest absolute Gasteiger partial charge is 0.393 e. The summed E-state index contributed by atoms with van der Waals surface area (Å²) in [6.45, 7) is 1.44. The highest BCUT2D eigenvalue weighted by Crippen LogP contribution is 2.45. The van der Waals surface area contributed by atoms with E-state index in [9.17, 15) is 14.4 Å². The second kappa shape index (κ2) is 4.71. The summed E-state index contributed by atoms with van der Waals surface area (Å²) in [5, 5.41) is 0. The van der Waals surface area contributed by atoms with Gasteiger partial charge in [0.1, 0.15) is 5.78 Å². The number of allylic oxidation sites excluding steroid dienone is 2. The van der Waals surface area contributed by atoms with Crippen molar-refractivity contribution < 1.29 is 19.1 Å². The Labute approximate surface area is 116 Å². The molecule has 0 spiro atoms. The summed E-state index contributed by atoms with van der Waals surface area (Å²) < 4.78 is 4.77. The lowest BCUT2D eigenvalue weighted by atomic mass is 9.68. The fourth-order valence-corrected chi connectivity index (χ4v) is 3.13. The predicted octanol–water partition coefficient (Wildman–Crippen LogP) is 1.86. The van der Waals surface area contributed by atoms with Gasteiger partial charge in [-0.15, -0.1) is 0 Å². The van der Waals surface area contributed by atoms with Crippen LogP contribution in [-0.2, 0) is 19.1 Å². The molecule has 102 valence electrons. The van der Waals surface area contributed by atoms with Crippen molar-refractivity contribution in [3.05, 3.63) is 48.0 Å². The third-order valence-electron chi connectivity index (χ3n) is 4.09.